The molecule has 0 aliphatic heterocycles. The van der Waals surface area contributed by atoms with E-state index in [9.17, 15) is 9.90 Å². The number of carboxylic acids is 1. The summed E-state index contributed by atoms with van der Waals surface area (Å²) in [5.74, 6) is -0.108. The monoisotopic (exact) mass is 337 g/mol. The Morgan fingerprint density at radius 2 is 2.20 bits per heavy atom. The highest BCUT2D eigenvalue weighted by atomic mass is 79.9. The molecule has 0 radical (unpaired) electrons. The van der Waals surface area contributed by atoms with E-state index in [4.69, 9.17) is 0 Å². The Balaban J connectivity index is 2.17. The second-order valence-corrected chi connectivity index (χ2v) is 5.44. The van der Waals surface area contributed by atoms with Crippen LogP contribution < -0.4 is 5.32 Å². The van der Waals surface area contributed by atoms with Gasteiger partial charge in [-0.25, -0.2) is 4.98 Å². The van der Waals surface area contributed by atoms with Crippen LogP contribution in [-0.4, -0.2) is 20.6 Å². The van der Waals surface area contributed by atoms with E-state index >= 15 is 0 Å². The molecule has 0 aliphatic rings. The largest absolute Gasteiger partial charge is 0.480 e. The smallest absolute Gasteiger partial charge is 0.325 e. The number of carbonyl (C=O) groups is 1. The van der Waals surface area contributed by atoms with Gasteiger partial charge in [-0.15, -0.1) is 0 Å². The molecule has 0 amide bonds. The van der Waals surface area contributed by atoms with Gasteiger partial charge in [-0.05, 0) is 18.6 Å². The molecule has 0 spiro atoms. The van der Waals surface area contributed by atoms with Gasteiger partial charge in [0.15, 0.2) is 0 Å². The Kier molecular flexibility index (Phi) is 4.57. The van der Waals surface area contributed by atoms with E-state index in [1.165, 1.54) is 0 Å². The SMILES string of the molecule is Cc1cn(C)c(CNC(C(=O)O)c2ccccc2Br)n1. The van der Waals surface area contributed by atoms with Gasteiger partial charge in [0.25, 0.3) is 0 Å². The van der Waals surface area contributed by atoms with Gasteiger partial charge in [-0.3, -0.25) is 10.1 Å². The molecule has 1 heterocycles. The highest BCUT2D eigenvalue weighted by Gasteiger charge is 2.21. The Labute approximate surface area is 125 Å². The van der Waals surface area contributed by atoms with Gasteiger partial charge in [0, 0.05) is 17.7 Å². The Bertz CT molecular complexity index is 625. The van der Waals surface area contributed by atoms with Crippen LogP contribution in [0.4, 0.5) is 0 Å². The van der Waals surface area contributed by atoms with E-state index < -0.39 is 12.0 Å². The predicted molar refractivity (Wildman–Crippen MR) is 79.3 cm³/mol. The normalized spacial score (nSPS) is 12.3. The molecule has 1 unspecified atom stereocenters. The molecule has 1 aromatic carbocycles. The number of halogens is 1. The summed E-state index contributed by atoms with van der Waals surface area (Å²) in [4.78, 5) is 15.8. The summed E-state index contributed by atoms with van der Waals surface area (Å²) in [5.41, 5.74) is 1.61. The molecule has 1 aromatic heterocycles. The van der Waals surface area contributed by atoms with Crippen LogP contribution in [0.2, 0.25) is 0 Å². The maximum absolute atomic E-state index is 11.5. The minimum absolute atomic E-state index is 0.392. The average Bonchev–Trinajstić information content (AvgIpc) is 2.70. The lowest BCUT2D eigenvalue weighted by atomic mass is 10.1. The molecule has 0 aliphatic carbocycles. The summed E-state index contributed by atoms with van der Waals surface area (Å²) in [7, 11) is 1.89. The fourth-order valence-electron chi connectivity index (χ4n) is 2.06. The number of nitrogens with zero attached hydrogens (tertiary/aromatic N) is 2. The number of aryl methyl sites for hydroxylation is 2. The van der Waals surface area contributed by atoms with E-state index in [0.717, 1.165) is 16.0 Å². The van der Waals surface area contributed by atoms with Crippen molar-refractivity contribution in [3.63, 3.8) is 0 Å². The van der Waals surface area contributed by atoms with Crippen molar-refractivity contribution in [2.75, 3.05) is 0 Å². The first kappa shape index (κ1) is 14.7. The fraction of sp³-hybridized carbons (Fsp3) is 0.286. The zero-order valence-corrected chi connectivity index (χ0v) is 12.9. The molecule has 2 N–H and O–H groups in total. The molecular weight excluding hydrogens is 322 g/mol. The predicted octanol–water partition coefficient (Wildman–Crippen LogP) is 2.41. The van der Waals surface area contributed by atoms with Crippen molar-refractivity contribution in [3.8, 4) is 0 Å². The van der Waals surface area contributed by atoms with Crippen LogP contribution in [0.5, 0.6) is 0 Å². The second-order valence-electron chi connectivity index (χ2n) is 4.58. The van der Waals surface area contributed by atoms with Crippen LogP contribution in [-0.2, 0) is 18.4 Å². The summed E-state index contributed by atoms with van der Waals surface area (Å²) in [6.07, 6.45) is 1.91. The third kappa shape index (κ3) is 3.26. The number of carboxylic acid groups (broad SMARTS) is 1. The van der Waals surface area contributed by atoms with Crippen LogP contribution in [0.15, 0.2) is 34.9 Å². The topological polar surface area (TPSA) is 67.2 Å². The molecule has 5 nitrogen and oxygen atoms in total. The molecule has 2 aromatic rings. The highest BCUT2D eigenvalue weighted by molar-refractivity contribution is 9.10. The van der Waals surface area contributed by atoms with E-state index in [-0.39, 0.29) is 0 Å². The van der Waals surface area contributed by atoms with Crippen LogP contribution in [0, 0.1) is 6.92 Å². The molecule has 106 valence electrons. The first-order valence-corrected chi connectivity index (χ1v) is 6.98. The van der Waals surface area contributed by atoms with Crippen molar-refractivity contribution < 1.29 is 9.90 Å². The maximum atomic E-state index is 11.5. The van der Waals surface area contributed by atoms with Crippen LogP contribution in [0.3, 0.4) is 0 Å². The first-order chi connectivity index (χ1) is 9.49. The lowest BCUT2D eigenvalue weighted by Gasteiger charge is -2.16. The number of rotatable bonds is 5. The summed E-state index contributed by atoms with van der Waals surface area (Å²) in [6, 6.07) is 6.52. The number of benzene rings is 1. The lowest BCUT2D eigenvalue weighted by molar-refractivity contribution is -0.139. The van der Waals surface area contributed by atoms with Gasteiger partial charge in [-0.1, -0.05) is 34.1 Å². The molecule has 6 heteroatoms. The van der Waals surface area contributed by atoms with Crippen molar-refractivity contribution >= 4 is 21.9 Å². The molecule has 20 heavy (non-hydrogen) atoms. The number of aromatic nitrogens is 2. The zero-order valence-electron chi connectivity index (χ0n) is 11.3. The van der Waals surface area contributed by atoms with Crippen molar-refractivity contribution in [2.24, 2.45) is 7.05 Å². The number of nitrogens with one attached hydrogen (secondary N) is 1. The van der Waals surface area contributed by atoms with Crippen molar-refractivity contribution in [1.82, 2.24) is 14.9 Å². The number of imidazole rings is 1. The number of hydrogen-bond acceptors (Lipinski definition) is 3. The summed E-state index contributed by atoms with van der Waals surface area (Å²) in [6.45, 7) is 2.30. The maximum Gasteiger partial charge on any atom is 0.325 e. The van der Waals surface area contributed by atoms with Crippen LogP contribution in [0.1, 0.15) is 23.1 Å². The third-order valence-electron chi connectivity index (χ3n) is 3.02. The molecule has 0 saturated carbocycles. The summed E-state index contributed by atoms with van der Waals surface area (Å²) >= 11 is 3.39. The van der Waals surface area contributed by atoms with Crippen LogP contribution >= 0.6 is 15.9 Å². The van der Waals surface area contributed by atoms with E-state index in [1.54, 1.807) is 6.07 Å². The fourth-order valence-corrected chi connectivity index (χ4v) is 2.58. The Morgan fingerprint density at radius 3 is 2.75 bits per heavy atom. The van der Waals surface area contributed by atoms with E-state index in [2.05, 4.69) is 26.2 Å². The minimum atomic E-state index is -0.914. The number of aliphatic carboxylic acids is 1. The van der Waals surface area contributed by atoms with Gasteiger partial charge in [0.1, 0.15) is 11.9 Å². The zero-order chi connectivity index (χ0) is 14.7. The molecule has 2 rings (SSSR count). The van der Waals surface area contributed by atoms with Crippen molar-refractivity contribution in [1.29, 1.82) is 0 Å². The highest BCUT2D eigenvalue weighted by Crippen LogP contribution is 2.23. The molecule has 0 bridgehead atoms. The number of hydrogen-bond donors (Lipinski definition) is 2. The minimum Gasteiger partial charge on any atom is -0.480 e. The van der Waals surface area contributed by atoms with E-state index in [1.807, 2.05) is 42.9 Å². The van der Waals surface area contributed by atoms with Gasteiger partial charge >= 0.3 is 5.97 Å². The molecule has 1 atom stereocenters. The Hall–Kier alpha value is -1.66. The van der Waals surface area contributed by atoms with Crippen LogP contribution in [0.25, 0.3) is 0 Å². The second kappa shape index (κ2) is 6.19. The molecule has 0 saturated heterocycles. The summed E-state index contributed by atoms with van der Waals surface area (Å²) in [5, 5.41) is 12.4. The van der Waals surface area contributed by atoms with E-state index in [0.29, 0.717) is 12.1 Å². The molecular formula is C14H16BrN3O2. The quantitative estimate of drug-likeness (QED) is 0.879. The molecule has 0 fully saturated rings. The van der Waals surface area contributed by atoms with Gasteiger partial charge < -0.3 is 9.67 Å². The average molecular weight is 338 g/mol. The van der Waals surface area contributed by atoms with Crippen molar-refractivity contribution in [2.45, 2.75) is 19.5 Å². The van der Waals surface area contributed by atoms with Gasteiger partial charge in [-0.2, -0.15) is 0 Å². The standard InChI is InChI=1S/C14H16BrN3O2/c1-9-8-18(2)12(17-9)7-16-13(14(19)20)10-5-3-4-6-11(10)15/h3-6,8,13,16H,7H2,1-2H3,(H,19,20). The van der Waals surface area contributed by atoms with Crippen molar-refractivity contribution in [3.05, 3.63) is 52.0 Å². The Morgan fingerprint density at radius 1 is 1.50 bits per heavy atom. The lowest BCUT2D eigenvalue weighted by Crippen LogP contribution is -2.29. The van der Waals surface area contributed by atoms with Gasteiger partial charge in [0.05, 0.1) is 12.2 Å². The summed E-state index contributed by atoms with van der Waals surface area (Å²) < 4.78 is 2.66. The third-order valence-corrected chi connectivity index (χ3v) is 3.74. The van der Waals surface area contributed by atoms with Gasteiger partial charge in [0.2, 0.25) is 0 Å². The first-order valence-electron chi connectivity index (χ1n) is 6.18.